The number of carboxylic acids is 1. The molecule has 5 heteroatoms. The maximum Gasteiger partial charge on any atom is 0.327 e. The molecule has 1 heterocycles. The molecule has 1 saturated heterocycles. The standard InChI is InChI=1S/C12H21NO3S/c1-3-5-9(6-4-2)11(14)13-8-17-7-10(13)12(15)16/h9-10H,3-8H2,1-2H3,(H,15,16)/t10-/m0/s1. The molecule has 1 amide bonds. The number of nitrogens with zero attached hydrogens (tertiary/aromatic N) is 1. The van der Waals surface area contributed by atoms with Gasteiger partial charge in [0.1, 0.15) is 6.04 Å². The second-order valence-corrected chi connectivity index (χ2v) is 5.44. The van der Waals surface area contributed by atoms with Gasteiger partial charge in [-0.05, 0) is 12.8 Å². The van der Waals surface area contributed by atoms with Crippen LogP contribution >= 0.6 is 11.8 Å². The molecular weight excluding hydrogens is 238 g/mol. The highest BCUT2D eigenvalue weighted by Gasteiger charge is 2.36. The molecule has 0 saturated carbocycles. The Labute approximate surface area is 107 Å². The predicted molar refractivity (Wildman–Crippen MR) is 68.9 cm³/mol. The molecule has 4 nitrogen and oxygen atoms in total. The van der Waals surface area contributed by atoms with E-state index in [1.54, 1.807) is 4.90 Å². The Bertz CT molecular complexity index is 277. The lowest BCUT2D eigenvalue weighted by Crippen LogP contribution is -2.44. The van der Waals surface area contributed by atoms with Crippen molar-refractivity contribution in [2.24, 2.45) is 5.92 Å². The molecule has 0 aromatic rings. The van der Waals surface area contributed by atoms with Crippen LogP contribution in [0.4, 0.5) is 0 Å². The van der Waals surface area contributed by atoms with Gasteiger partial charge in [0.2, 0.25) is 5.91 Å². The van der Waals surface area contributed by atoms with Crippen LogP contribution in [-0.4, -0.2) is 39.6 Å². The number of carbonyl (C=O) groups is 2. The monoisotopic (exact) mass is 259 g/mol. The minimum Gasteiger partial charge on any atom is -0.480 e. The van der Waals surface area contributed by atoms with Crippen LogP contribution in [0, 0.1) is 5.92 Å². The number of carboxylic acid groups (broad SMARTS) is 1. The molecule has 0 radical (unpaired) electrons. The first-order valence-electron chi connectivity index (χ1n) is 6.22. The van der Waals surface area contributed by atoms with E-state index in [4.69, 9.17) is 5.11 Å². The van der Waals surface area contributed by atoms with Crippen LogP contribution in [-0.2, 0) is 9.59 Å². The molecular formula is C12H21NO3S. The molecule has 17 heavy (non-hydrogen) atoms. The quantitative estimate of drug-likeness (QED) is 0.794. The molecule has 1 N–H and O–H groups in total. The SMILES string of the molecule is CCCC(CCC)C(=O)N1CSC[C@H]1C(=O)O. The van der Waals surface area contributed by atoms with Crippen LogP contribution in [0.1, 0.15) is 39.5 Å². The molecule has 0 spiro atoms. The van der Waals surface area contributed by atoms with Crippen molar-refractivity contribution in [2.75, 3.05) is 11.6 Å². The molecule has 1 rings (SSSR count). The van der Waals surface area contributed by atoms with Gasteiger partial charge in [-0.3, -0.25) is 4.79 Å². The zero-order chi connectivity index (χ0) is 12.8. The predicted octanol–water partition coefficient (Wildman–Crippen LogP) is 2.19. The number of hydrogen-bond donors (Lipinski definition) is 1. The van der Waals surface area contributed by atoms with Crippen LogP contribution in [0.3, 0.4) is 0 Å². The number of amides is 1. The topological polar surface area (TPSA) is 57.6 Å². The zero-order valence-electron chi connectivity index (χ0n) is 10.5. The summed E-state index contributed by atoms with van der Waals surface area (Å²) in [5, 5.41) is 9.07. The largest absolute Gasteiger partial charge is 0.480 e. The molecule has 1 aliphatic heterocycles. The van der Waals surface area contributed by atoms with Crippen molar-refractivity contribution in [3.05, 3.63) is 0 Å². The molecule has 0 aromatic carbocycles. The smallest absolute Gasteiger partial charge is 0.327 e. The van der Waals surface area contributed by atoms with Crippen molar-refractivity contribution in [3.63, 3.8) is 0 Å². The van der Waals surface area contributed by atoms with Crippen LogP contribution in [0.15, 0.2) is 0 Å². The summed E-state index contributed by atoms with van der Waals surface area (Å²) in [5.74, 6) is 0.206. The summed E-state index contributed by atoms with van der Waals surface area (Å²) in [6, 6.07) is -0.622. The first kappa shape index (κ1) is 14.4. The average molecular weight is 259 g/mol. The highest BCUT2D eigenvalue weighted by molar-refractivity contribution is 7.99. The van der Waals surface area contributed by atoms with Crippen LogP contribution < -0.4 is 0 Å². The van der Waals surface area contributed by atoms with E-state index in [9.17, 15) is 9.59 Å². The summed E-state index contributed by atoms with van der Waals surface area (Å²) in [6.07, 6.45) is 3.66. The van der Waals surface area contributed by atoms with Crippen LogP contribution in [0.5, 0.6) is 0 Å². The van der Waals surface area contributed by atoms with E-state index in [0.29, 0.717) is 11.6 Å². The third-order valence-electron chi connectivity index (χ3n) is 3.07. The van der Waals surface area contributed by atoms with E-state index in [2.05, 4.69) is 13.8 Å². The fourth-order valence-electron chi connectivity index (χ4n) is 2.19. The maximum absolute atomic E-state index is 12.3. The van der Waals surface area contributed by atoms with Gasteiger partial charge in [0.25, 0.3) is 0 Å². The number of aliphatic carboxylic acids is 1. The van der Waals surface area contributed by atoms with Gasteiger partial charge >= 0.3 is 5.97 Å². The summed E-state index contributed by atoms with van der Waals surface area (Å²) in [4.78, 5) is 24.9. The molecule has 1 aliphatic rings. The normalized spacial score (nSPS) is 19.9. The molecule has 98 valence electrons. The highest BCUT2D eigenvalue weighted by atomic mass is 32.2. The first-order chi connectivity index (χ1) is 8.11. The lowest BCUT2D eigenvalue weighted by atomic mass is 9.96. The second kappa shape index (κ2) is 6.89. The summed E-state index contributed by atoms with van der Waals surface area (Å²) >= 11 is 1.52. The van der Waals surface area contributed by atoms with Gasteiger partial charge in [-0.25, -0.2) is 4.79 Å². The first-order valence-corrected chi connectivity index (χ1v) is 7.38. The van der Waals surface area contributed by atoms with Crippen molar-refractivity contribution >= 4 is 23.6 Å². The lowest BCUT2D eigenvalue weighted by molar-refractivity contribution is -0.149. The molecule has 0 bridgehead atoms. The third-order valence-corrected chi connectivity index (χ3v) is 4.09. The van der Waals surface area contributed by atoms with E-state index < -0.39 is 12.0 Å². The molecule has 0 aliphatic carbocycles. The third kappa shape index (κ3) is 3.63. The molecule has 0 aromatic heterocycles. The van der Waals surface area contributed by atoms with Gasteiger partial charge in [0, 0.05) is 11.7 Å². The van der Waals surface area contributed by atoms with Gasteiger partial charge in [0.05, 0.1) is 5.88 Å². The number of rotatable bonds is 6. The lowest BCUT2D eigenvalue weighted by Gasteiger charge is -2.25. The Morgan fingerprint density at radius 1 is 1.35 bits per heavy atom. The van der Waals surface area contributed by atoms with E-state index in [-0.39, 0.29) is 11.8 Å². The molecule has 1 atom stereocenters. The van der Waals surface area contributed by atoms with Gasteiger partial charge in [-0.15, -0.1) is 11.8 Å². The number of thioether (sulfide) groups is 1. The highest BCUT2D eigenvalue weighted by Crippen LogP contribution is 2.26. The summed E-state index contributed by atoms with van der Waals surface area (Å²) < 4.78 is 0. The second-order valence-electron chi connectivity index (χ2n) is 4.44. The van der Waals surface area contributed by atoms with E-state index in [1.165, 1.54) is 11.8 Å². The summed E-state index contributed by atoms with van der Waals surface area (Å²) in [5.41, 5.74) is 0. The Balaban J connectivity index is 2.68. The van der Waals surface area contributed by atoms with E-state index >= 15 is 0 Å². The fourth-order valence-corrected chi connectivity index (χ4v) is 3.34. The summed E-state index contributed by atoms with van der Waals surface area (Å²) in [6.45, 7) is 4.12. The number of carbonyl (C=O) groups excluding carboxylic acids is 1. The van der Waals surface area contributed by atoms with Crippen molar-refractivity contribution in [1.82, 2.24) is 4.90 Å². The van der Waals surface area contributed by atoms with Crippen molar-refractivity contribution < 1.29 is 14.7 Å². The Kier molecular flexibility index (Phi) is 5.82. The van der Waals surface area contributed by atoms with Crippen LogP contribution in [0.25, 0.3) is 0 Å². The van der Waals surface area contributed by atoms with Gasteiger partial charge in [0.15, 0.2) is 0 Å². The fraction of sp³-hybridized carbons (Fsp3) is 0.833. The Morgan fingerprint density at radius 3 is 2.41 bits per heavy atom. The van der Waals surface area contributed by atoms with E-state index in [0.717, 1.165) is 25.7 Å². The molecule has 1 fully saturated rings. The maximum atomic E-state index is 12.3. The van der Waals surface area contributed by atoms with Gasteiger partial charge < -0.3 is 10.0 Å². The number of hydrogen-bond acceptors (Lipinski definition) is 3. The minimum absolute atomic E-state index is 0.00514. The Hall–Kier alpha value is -0.710. The van der Waals surface area contributed by atoms with Crippen molar-refractivity contribution in [2.45, 2.75) is 45.6 Å². The minimum atomic E-state index is -0.880. The zero-order valence-corrected chi connectivity index (χ0v) is 11.3. The van der Waals surface area contributed by atoms with Crippen molar-refractivity contribution in [1.29, 1.82) is 0 Å². The van der Waals surface area contributed by atoms with Crippen LogP contribution in [0.2, 0.25) is 0 Å². The molecule has 0 unspecified atom stereocenters. The van der Waals surface area contributed by atoms with Gasteiger partial charge in [-0.2, -0.15) is 0 Å². The van der Waals surface area contributed by atoms with Gasteiger partial charge in [-0.1, -0.05) is 26.7 Å². The van der Waals surface area contributed by atoms with E-state index in [1.807, 2.05) is 0 Å². The Morgan fingerprint density at radius 2 is 1.94 bits per heavy atom. The average Bonchev–Trinajstić information content (AvgIpc) is 2.76. The summed E-state index contributed by atoms with van der Waals surface area (Å²) in [7, 11) is 0. The van der Waals surface area contributed by atoms with Crippen molar-refractivity contribution in [3.8, 4) is 0 Å².